The summed E-state index contributed by atoms with van der Waals surface area (Å²) < 4.78 is 4.74. The van der Waals surface area contributed by atoms with Crippen molar-refractivity contribution in [2.45, 2.75) is 6.42 Å². The first-order chi connectivity index (χ1) is 12.7. The number of hydrogen-bond acceptors (Lipinski definition) is 5. The Morgan fingerprint density at radius 3 is 2.77 bits per heavy atom. The monoisotopic (exact) mass is 345 g/mol. The lowest BCUT2D eigenvalue weighted by Gasteiger charge is -2.11. The van der Waals surface area contributed by atoms with Crippen LogP contribution < -0.4 is 0 Å². The van der Waals surface area contributed by atoms with Gasteiger partial charge in [-0.25, -0.2) is 9.78 Å². The minimum absolute atomic E-state index is 0.00458. The molecule has 0 amide bonds. The molecule has 2 heterocycles. The Bertz CT molecular complexity index is 1080. The fraction of sp³-hybridized carbons (Fsp3) is 0.100. The predicted molar refractivity (Wildman–Crippen MR) is 97.2 cm³/mol. The minimum atomic E-state index is -0.418. The number of aromatic amines is 1. The van der Waals surface area contributed by atoms with Crippen LogP contribution in [0.1, 0.15) is 28.2 Å². The molecule has 128 valence electrons. The summed E-state index contributed by atoms with van der Waals surface area (Å²) in [5.41, 5.74) is 4.26. The number of H-pyrrole nitrogens is 1. The Labute approximate surface area is 149 Å². The van der Waals surface area contributed by atoms with Crippen LogP contribution in [-0.4, -0.2) is 33.8 Å². The van der Waals surface area contributed by atoms with Crippen LogP contribution in [0.2, 0.25) is 0 Å². The van der Waals surface area contributed by atoms with Crippen molar-refractivity contribution in [3.8, 4) is 0 Å². The van der Waals surface area contributed by atoms with E-state index in [1.165, 1.54) is 7.11 Å². The smallest absolute Gasteiger partial charge is 0.337 e. The third-order valence-corrected chi connectivity index (χ3v) is 4.28. The second-order valence-electron chi connectivity index (χ2n) is 5.89. The number of nitrogens with one attached hydrogen (secondary N) is 1. The zero-order valence-corrected chi connectivity index (χ0v) is 14.0. The molecule has 4 rings (SSSR count). The molecular formula is C20H15N3O3. The second kappa shape index (κ2) is 6.40. The Morgan fingerprint density at radius 2 is 2.00 bits per heavy atom. The van der Waals surface area contributed by atoms with E-state index in [1.807, 2.05) is 24.3 Å². The van der Waals surface area contributed by atoms with Gasteiger partial charge in [-0.05, 0) is 47.5 Å². The normalized spacial score (nSPS) is 14.1. The molecule has 0 spiro atoms. The van der Waals surface area contributed by atoms with Gasteiger partial charge in [-0.3, -0.25) is 9.78 Å². The van der Waals surface area contributed by atoms with Crippen LogP contribution in [0.5, 0.6) is 0 Å². The van der Waals surface area contributed by atoms with Crippen molar-refractivity contribution < 1.29 is 14.3 Å². The Kier molecular flexibility index (Phi) is 3.93. The van der Waals surface area contributed by atoms with Gasteiger partial charge in [0.2, 0.25) is 0 Å². The summed E-state index contributed by atoms with van der Waals surface area (Å²) in [6, 6.07) is 8.85. The number of pyridine rings is 1. The molecule has 1 aliphatic rings. The van der Waals surface area contributed by atoms with E-state index in [0.29, 0.717) is 34.4 Å². The number of aromatic nitrogens is 3. The lowest BCUT2D eigenvalue weighted by Crippen LogP contribution is -2.06. The van der Waals surface area contributed by atoms with Crippen LogP contribution in [0, 0.1) is 0 Å². The molecule has 26 heavy (non-hydrogen) atoms. The van der Waals surface area contributed by atoms with Crippen molar-refractivity contribution in [3.05, 3.63) is 71.8 Å². The van der Waals surface area contributed by atoms with Crippen LogP contribution in [0.3, 0.4) is 0 Å². The van der Waals surface area contributed by atoms with Gasteiger partial charge >= 0.3 is 5.97 Å². The van der Waals surface area contributed by atoms with Crippen molar-refractivity contribution in [2.75, 3.05) is 7.11 Å². The van der Waals surface area contributed by atoms with Crippen LogP contribution in [0.15, 0.2) is 54.9 Å². The number of Topliss-reactive ketones (excluding diaryl/α,β-unsaturated/α-hetero) is 1. The van der Waals surface area contributed by atoms with Crippen LogP contribution in [-0.2, 0) is 9.53 Å². The van der Waals surface area contributed by atoms with Crippen molar-refractivity contribution in [1.29, 1.82) is 0 Å². The average Bonchev–Trinajstić information content (AvgIpc) is 3.11. The molecule has 0 radical (unpaired) electrons. The summed E-state index contributed by atoms with van der Waals surface area (Å²) in [6.45, 7) is 0. The molecule has 1 aromatic carbocycles. The van der Waals surface area contributed by atoms with E-state index in [9.17, 15) is 9.59 Å². The van der Waals surface area contributed by atoms with Gasteiger partial charge in [0.1, 0.15) is 5.82 Å². The number of rotatable bonds is 3. The van der Waals surface area contributed by atoms with Crippen molar-refractivity contribution in [1.82, 2.24) is 15.0 Å². The van der Waals surface area contributed by atoms with Gasteiger partial charge in [0, 0.05) is 18.8 Å². The first-order valence-corrected chi connectivity index (χ1v) is 8.09. The highest BCUT2D eigenvalue weighted by Gasteiger charge is 2.20. The summed E-state index contributed by atoms with van der Waals surface area (Å²) in [6.07, 6.45) is 7.48. The summed E-state index contributed by atoms with van der Waals surface area (Å²) in [5.74, 6) is 0.0700. The van der Waals surface area contributed by atoms with Gasteiger partial charge in [-0.1, -0.05) is 6.08 Å². The number of carbonyl (C=O) groups excluding carboxylic acids is 2. The molecule has 3 aromatic rings. The minimum Gasteiger partial charge on any atom is -0.465 e. The molecule has 0 saturated carbocycles. The largest absolute Gasteiger partial charge is 0.465 e. The number of hydrogen-bond donors (Lipinski definition) is 1. The van der Waals surface area contributed by atoms with Crippen LogP contribution in [0.25, 0.3) is 22.2 Å². The van der Waals surface area contributed by atoms with E-state index >= 15 is 0 Å². The highest BCUT2D eigenvalue weighted by molar-refractivity contribution is 6.24. The number of ether oxygens (including phenoxy) is 1. The number of esters is 1. The fourth-order valence-electron chi connectivity index (χ4n) is 2.94. The number of allylic oxidation sites excluding steroid dienone is 4. The molecule has 0 aliphatic heterocycles. The highest BCUT2D eigenvalue weighted by Crippen LogP contribution is 2.28. The van der Waals surface area contributed by atoms with Gasteiger partial charge in [-0.2, -0.15) is 0 Å². The maximum Gasteiger partial charge on any atom is 0.337 e. The summed E-state index contributed by atoms with van der Waals surface area (Å²) in [7, 11) is 1.34. The summed E-state index contributed by atoms with van der Waals surface area (Å²) in [4.78, 5) is 35.8. The summed E-state index contributed by atoms with van der Waals surface area (Å²) >= 11 is 0. The Morgan fingerprint density at radius 1 is 1.19 bits per heavy atom. The first-order valence-electron chi connectivity index (χ1n) is 8.09. The number of imidazole rings is 1. The molecule has 0 saturated heterocycles. The molecule has 6 nitrogen and oxygen atoms in total. The maximum absolute atomic E-state index is 12.4. The van der Waals surface area contributed by atoms with Crippen molar-refractivity contribution >= 4 is 33.9 Å². The SMILES string of the molecule is COC(=O)c1ccc2nc(C3=CC(c4ccncc4)=CCC3=O)[nH]c2c1. The third kappa shape index (κ3) is 2.82. The fourth-order valence-corrected chi connectivity index (χ4v) is 2.94. The predicted octanol–water partition coefficient (Wildman–Crippen LogP) is 3.18. The van der Waals surface area contributed by atoms with E-state index in [0.717, 1.165) is 11.1 Å². The lowest BCUT2D eigenvalue weighted by molar-refractivity contribution is -0.113. The molecule has 6 heteroatoms. The molecular weight excluding hydrogens is 330 g/mol. The average molecular weight is 345 g/mol. The van der Waals surface area contributed by atoms with Crippen molar-refractivity contribution in [2.24, 2.45) is 0 Å². The zero-order chi connectivity index (χ0) is 18.1. The highest BCUT2D eigenvalue weighted by atomic mass is 16.5. The van der Waals surface area contributed by atoms with Crippen LogP contribution >= 0.6 is 0 Å². The summed E-state index contributed by atoms with van der Waals surface area (Å²) in [5, 5.41) is 0. The van der Waals surface area contributed by atoms with E-state index < -0.39 is 5.97 Å². The zero-order valence-electron chi connectivity index (χ0n) is 14.0. The topological polar surface area (TPSA) is 84.9 Å². The molecule has 0 fully saturated rings. The lowest BCUT2D eigenvalue weighted by atomic mass is 9.94. The molecule has 0 atom stereocenters. The Balaban J connectivity index is 1.76. The molecule has 1 N–H and O–H groups in total. The van der Waals surface area contributed by atoms with Crippen molar-refractivity contribution in [3.63, 3.8) is 0 Å². The van der Waals surface area contributed by atoms with E-state index in [1.54, 1.807) is 30.6 Å². The standard InChI is InChI=1S/C20H15N3O3/c1-26-20(25)14-2-4-16-17(11-14)23-19(22-16)15-10-13(3-5-18(15)24)12-6-8-21-9-7-12/h2-4,6-11H,5H2,1H3,(H,22,23). The maximum atomic E-state index is 12.4. The number of methoxy groups -OCH3 is 1. The van der Waals surface area contributed by atoms with Gasteiger partial charge in [0.25, 0.3) is 0 Å². The Hall–Kier alpha value is -3.54. The number of benzene rings is 1. The van der Waals surface area contributed by atoms with E-state index in [-0.39, 0.29) is 5.78 Å². The van der Waals surface area contributed by atoms with E-state index in [4.69, 9.17) is 4.74 Å². The number of nitrogens with zero attached hydrogens (tertiary/aromatic N) is 2. The number of carbonyl (C=O) groups is 2. The number of ketones is 1. The van der Waals surface area contributed by atoms with Gasteiger partial charge < -0.3 is 9.72 Å². The van der Waals surface area contributed by atoms with E-state index in [2.05, 4.69) is 15.0 Å². The molecule has 2 aromatic heterocycles. The molecule has 0 unspecified atom stereocenters. The third-order valence-electron chi connectivity index (χ3n) is 4.28. The van der Waals surface area contributed by atoms with Gasteiger partial charge in [0.15, 0.2) is 5.78 Å². The first kappa shape index (κ1) is 16.0. The van der Waals surface area contributed by atoms with Crippen LogP contribution in [0.4, 0.5) is 0 Å². The quantitative estimate of drug-likeness (QED) is 0.737. The van der Waals surface area contributed by atoms with Gasteiger partial charge in [0.05, 0.1) is 29.3 Å². The number of fused-ring (bicyclic) bond motifs is 1. The molecule has 1 aliphatic carbocycles. The van der Waals surface area contributed by atoms with Gasteiger partial charge in [-0.15, -0.1) is 0 Å². The second-order valence-corrected chi connectivity index (χ2v) is 5.89. The molecule has 0 bridgehead atoms.